The van der Waals surface area contributed by atoms with Gasteiger partial charge in [0, 0.05) is 42.0 Å². The summed E-state index contributed by atoms with van der Waals surface area (Å²) in [6.07, 6.45) is 3.54. The van der Waals surface area contributed by atoms with Gasteiger partial charge in [-0.05, 0) is 42.8 Å². The zero-order chi connectivity index (χ0) is 22.9. The van der Waals surface area contributed by atoms with Crippen LogP contribution >= 0.6 is 11.3 Å². The third-order valence-electron chi connectivity index (χ3n) is 6.40. The van der Waals surface area contributed by atoms with E-state index in [1.807, 2.05) is 55.3 Å². The van der Waals surface area contributed by atoms with E-state index in [0.29, 0.717) is 44.6 Å². The zero-order valence-corrected chi connectivity index (χ0v) is 19.7. The molecule has 0 spiro atoms. The van der Waals surface area contributed by atoms with Gasteiger partial charge >= 0.3 is 6.03 Å². The van der Waals surface area contributed by atoms with Gasteiger partial charge in [-0.3, -0.25) is 19.5 Å². The number of nitrogens with one attached hydrogen (secondary N) is 1. The molecule has 2 aromatic rings. The Morgan fingerprint density at radius 3 is 2.53 bits per heavy atom. The molecule has 7 nitrogen and oxygen atoms in total. The molecule has 8 heteroatoms. The number of thiophene rings is 1. The molecule has 0 aromatic carbocycles. The largest absolute Gasteiger partial charge is 0.342 e. The molecule has 4 heterocycles. The summed E-state index contributed by atoms with van der Waals surface area (Å²) in [4.78, 5) is 48.3. The van der Waals surface area contributed by atoms with Gasteiger partial charge in [0.1, 0.15) is 0 Å². The van der Waals surface area contributed by atoms with Crippen molar-refractivity contribution in [2.75, 3.05) is 19.6 Å². The summed E-state index contributed by atoms with van der Waals surface area (Å²) in [5, 5.41) is 5.02. The number of urea groups is 1. The highest BCUT2D eigenvalue weighted by atomic mass is 32.1. The van der Waals surface area contributed by atoms with Crippen LogP contribution in [-0.2, 0) is 21.5 Å². The maximum absolute atomic E-state index is 13.8. The van der Waals surface area contributed by atoms with Gasteiger partial charge in [0.25, 0.3) is 5.91 Å². The smallest absolute Gasteiger partial charge is 0.325 e. The summed E-state index contributed by atoms with van der Waals surface area (Å²) >= 11 is 1.62. The van der Waals surface area contributed by atoms with E-state index in [-0.39, 0.29) is 23.8 Å². The predicted molar refractivity (Wildman–Crippen MR) is 123 cm³/mol. The molecule has 2 saturated heterocycles. The number of hydrogen-bond donors (Lipinski definition) is 1. The fourth-order valence-corrected chi connectivity index (χ4v) is 5.42. The van der Waals surface area contributed by atoms with E-state index in [1.54, 1.807) is 23.6 Å². The molecular weight excluding hydrogens is 424 g/mol. The van der Waals surface area contributed by atoms with E-state index < -0.39 is 11.0 Å². The maximum Gasteiger partial charge on any atom is 0.325 e. The zero-order valence-electron chi connectivity index (χ0n) is 18.8. The monoisotopic (exact) mass is 454 g/mol. The van der Waals surface area contributed by atoms with Crippen molar-refractivity contribution in [2.24, 2.45) is 11.3 Å². The van der Waals surface area contributed by atoms with Crippen molar-refractivity contribution in [1.29, 1.82) is 0 Å². The van der Waals surface area contributed by atoms with Crippen LogP contribution in [0.5, 0.6) is 0 Å². The lowest BCUT2D eigenvalue weighted by Gasteiger charge is -2.41. The minimum atomic E-state index is -1.19. The van der Waals surface area contributed by atoms with Crippen molar-refractivity contribution in [1.82, 2.24) is 20.1 Å². The van der Waals surface area contributed by atoms with Crippen LogP contribution in [0.4, 0.5) is 4.79 Å². The van der Waals surface area contributed by atoms with Gasteiger partial charge in [0.05, 0.1) is 5.69 Å². The molecule has 170 valence electrons. The number of pyridine rings is 1. The second-order valence-corrected chi connectivity index (χ2v) is 10.6. The molecule has 32 heavy (non-hydrogen) atoms. The normalized spacial score (nSPS) is 22.3. The lowest BCUT2D eigenvalue weighted by atomic mass is 9.74. The van der Waals surface area contributed by atoms with Crippen LogP contribution in [0.3, 0.4) is 0 Å². The van der Waals surface area contributed by atoms with E-state index >= 15 is 0 Å². The van der Waals surface area contributed by atoms with Crippen molar-refractivity contribution in [3.8, 4) is 0 Å². The van der Waals surface area contributed by atoms with Crippen LogP contribution in [0.25, 0.3) is 0 Å². The first-order chi connectivity index (χ1) is 15.2. The second kappa shape index (κ2) is 8.65. The number of aromatic nitrogens is 1. The molecular formula is C24H30N4O3S. The molecule has 4 amide bonds. The van der Waals surface area contributed by atoms with Crippen LogP contribution in [-0.4, -0.2) is 52.3 Å². The highest BCUT2D eigenvalue weighted by Crippen LogP contribution is 2.41. The van der Waals surface area contributed by atoms with Gasteiger partial charge < -0.3 is 10.2 Å². The van der Waals surface area contributed by atoms with Gasteiger partial charge in [-0.25, -0.2) is 4.79 Å². The molecule has 0 unspecified atom stereocenters. The summed E-state index contributed by atoms with van der Waals surface area (Å²) < 4.78 is 0. The van der Waals surface area contributed by atoms with Crippen molar-refractivity contribution >= 4 is 29.2 Å². The topological polar surface area (TPSA) is 82.6 Å². The number of carbonyl (C=O) groups is 3. The summed E-state index contributed by atoms with van der Waals surface area (Å²) in [5.41, 5.74) is -1.07. The van der Waals surface area contributed by atoms with Gasteiger partial charge in [-0.1, -0.05) is 32.9 Å². The Bertz CT molecular complexity index is 978. The first-order valence-corrected chi connectivity index (χ1v) is 12.0. The first-order valence-electron chi connectivity index (χ1n) is 11.1. The standard InChI is InChI=1S/C24H30N4O3S/c1-23(2,3)20(29)27-13-9-17(10-14-27)24(19-8-4-5-12-25-19)21(30)28(22(31)26-24)15-11-18-7-6-16-32-18/h4-8,12,16-17H,9-11,13-15H2,1-3H3,(H,26,31)/t24-/m0/s1. The van der Waals surface area contributed by atoms with Crippen molar-refractivity contribution in [2.45, 2.75) is 45.6 Å². The number of likely N-dealkylation sites (tertiary alicyclic amines) is 1. The fraction of sp³-hybridized carbons (Fsp3) is 0.500. The molecule has 2 aliphatic rings. The molecule has 0 saturated carbocycles. The lowest BCUT2D eigenvalue weighted by molar-refractivity contribution is -0.142. The van der Waals surface area contributed by atoms with Crippen LogP contribution < -0.4 is 5.32 Å². The van der Waals surface area contributed by atoms with Crippen molar-refractivity contribution in [3.63, 3.8) is 0 Å². The average Bonchev–Trinajstić information content (AvgIpc) is 3.39. The predicted octanol–water partition coefficient (Wildman–Crippen LogP) is 3.42. The number of piperidine rings is 1. The van der Waals surface area contributed by atoms with E-state index in [2.05, 4.69) is 10.3 Å². The molecule has 4 rings (SSSR count). The van der Waals surface area contributed by atoms with Crippen molar-refractivity contribution in [3.05, 3.63) is 52.5 Å². The van der Waals surface area contributed by atoms with Gasteiger partial charge in [-0.15, -0.1) is 11.3 Å². The highest BCUT2D eigenvalue weighted by Gasteiger charge is 2.58. The van der Waals surface area contributed by atoms with E-state index in [0.717, 1.165) is 4.88 Å². The molecule has 1 N–H and O–H groups in total. The summed E-state index contributed by atoms with van der Waals surface area (Å²) in [6, 6.07) is 9.07. The Hall–Kier alpha value is -2.74. The Labute approximate surface area is 192 Å². The first kappa shape index (κ1) is 22.5. The van der Waals surface area contributed by atoms with Gasteiger partial charge in [0.15, 0.2) is 5.54 Å². The number of hydrogen-bond acceptors (Lipinski definition) is 5. The van der Waals surface area contributed by atoms with Crippen molar-refractivity contribution < 1.29 is 14.4 Å². The SMILES string of the molecule is CC(C)(C)C(=O)N1CCC([C@@]2(c3ccccn3)NC(=O)N(CCc3cccs3)C2=O)CC1. The number of carbonyl (C=O) groups excluding carboxylic acids is 3. The molecule has 2 fully saturated rings. The quantitative estimate of drug-likeness (QED) is 0.702. The summed E-state index contributed by atoms with van der Waals surface area (Å²) in [6.45, 7) is 7.22. The molecule has 0 aliphatic carbocycles. The number of nitrogens with zero attached hydrogens (tertiary/aromatic N) is 3. The summed E-state index contributed by atoms with van der Waals surface area (Å²) in [7, 11) is 0. The lowest BCUT2D eigenvalue weighted by Crippen LogP contribution is -2.55. The molecule has 2 aliphatic heterocycles. The third kappa shape index (κ3) is 4.03. The molecule has 0 bridgehead atoms. The van der Waals surface area contributed by atoms with Crippen LogP contribution in [0.15, 0.2) is 41.9 Å². The highest BCUT2D eigenvalue weighted by molar-refractivity contribution is 7.09. The third-order valence-corrected chi connectivity index (χ3v) is 7.33. The van der Waals surface area contributed by atoms with Crippen LogP contribution in [0, 0.1) is 11.3 Å². The Balaban J connectivity index is 1.58. The number of rotatable bonds is 5. The van der Waals surface area contributed by atoms with Gasteiger partial charge in [-0.2, -0.15) is 0 Å². The van der Waals surface area contributed by atoms with E-state index in [1.165, 1.54) is 4.90 Å². The van der Waals surface area contributed by atoms with Crippen LogP contribution in [0.1, 0.15) is 44.2 Å². The van der Waals surface area contributed by atoms with E-state index in [4.69, 9.17) is 0 Å². The molecule has 1 atom stereocenters. The minimum Gasteiger partial charge on any atom is -0.342 e. The number of amides is 4. The van der Waals surface area contributed by atoms with E-state index in [9.17, 15) is 14.4 Å². The molecule has 2 aromatic heterocycles. The Morgan fingerprint density at radius 1 is 1.19 bits per heavy atom. The minimum absolute atomic E-state index is 0.113. The Morgan fingerprint density at radius 2 is 1.94 bits per heavy atom. The summed E-state index contributed by atoms with van der Waals surface area (Å²) in [5.74, 6) is -0.259. The second-order valence-electron chi connectivity index (χ2n) is 9.56. The number of imide groups is 1. The maximum atomic E-state index is 13.8. The molecule has 0 radical (unpaired) electrons. The average molecular weight is 455 g/mol. The Kier molecular flexibility index (Phi) is 6.07. The fourth-order valence-electron chi connectivity index (χ4n) is 4.72. The van der Waals surface area contributed by atoms with Gasteiger partial charge in [0.2, 0.25) is 5.91 Å². The van der Waals surface area contributed by atoms with Crippen LogP contribution in [0.2, 0.25) is 0 Å².